The first-order valence-electron chi connectivity index (χ1n) is 8.55. The molecule has 0 radical (unpaired) electrons. The second kappa shape index (κ2) is 8.52. The van der Waals surface area contributed by atoms with Crippen molar-refractivity contribution in [1.29, 1.82) is 0 Å². The summed E-state index contributed by atoms with van der Waals surface area (Å²) in [6.45, 7) is 6.87. The number of rotatable bonds is 8. The maximum Gasteiger partial charge on any atom is 0.297 e. The summed E-state index contributed by atoms with van der Waals surface area (Å²) < 4.78 is 60.2. The Hall–Kier alpha value is -1.74. The molecule has 148 valence electrons. The molecule has 2 aromatic rings. The fourth-order valence-electron chi connectivity index (χ4n) is 2.42. The van der Waals surface area contributed by atoms with Gasteiger partial charge in [-0.25, -0.2) is 0 Å². The van der Waals surface area contributed by atoms with Gasteiger partial charge < -0.3 is 0 Å². The Bertz CT molecular complexity index is 962. The molecule has 0 amide bonds. The Morgan fingerprint density at radius 2 is 1.11 bits per heavy atom. The average Bonchev–Trinajstić information content (AvgIpc) is 2.60. The van der Waals surface area contributed by atoms with E-state index in [1.807, 2.05) is 13.8 Å². The van der Waals surface area contributed by atoms with E-state index in [1.165, 1.54) is 31.2 Å². The van der Waals surface area contributed by atoms with Crippen molar-refractivity contribution in [2.45, 2.75) is 56.1 Å². The third kappa shape index (κ3) is 5.62. The molecular formula is C19H24O6S2. The van der Waals surface area contributed by atoms with Crippen molar-refractivity contribution >= 4 is 20.2 Å². The van der Waals surface area contributed by atoms with Gasteiger partial charge in [-0.1, -0.05) is 42.3 Å². The quantitative estimate of drug-likeness (QED) is 0.616. The molecule has 6 nitrogen and oxygen atoms in total. The van der Waals surface area contributed by atoms with Gasteiger partial charge in [-0.3, -0.25) is 8.37 Å². The van der Waals surface area contributed by atoms with Gasteiger partial charge in [-0.2, -0.15) is 16.8 Å². The first-order valence-corrected chi connectivity index (χ1v) is 11.4. The molecule has 0 spiro atoms. The molecule has 0 heterocycles. The van der Waals surface area contributed by atoms with Gasteiger partial charge in [-0.05, 0) is 51.5 Å². The second-order valence-electron chi connectivity index (χ2n) is 6.38. The summed E-state index contributed by atoms with van der Waals surface area (Å²) in [4.78, 5) is 0.0244. The lowest BCUT2D eigenvalue weighted by molar-refractivity contribution is 0.0720. The summed E-state index contributed by atoms with van der Waals surface area (Å²) in [5.41, 5.74) is 1.84. The lowest BCUT2D eigenvalue weighted by atomic mass is 10.2. The van der Waals surface area contributed by atoms with Crippen molar-refractivity contribution in [3.63, 3.8) is 0 Å². The Kier molecular flexibility index (Phi) is 6.80. The monoisotopic (exact) mass is 412 g/mol. The lowest BCUT2D eigenvalue weighted by Crippen LogP contribution is -2.32. The van der Waals surface area contributed by atoms with E-state index in [-0.39, 0.29) is 16.2 Å². The summed E-state index contributed by atoms with van der Waals surface area (Å²) in [7, 11) is -8.07. The molecule has 0 saturated carbocycles. The van der Waals surface area contributed by atoms with Crippen molar-refractivity contribution in [2.75, 3.05) is 0 Å². The van der Waals surface area contributed by atoms with Crippen LogP contribution in [0.5, 0.6) is 0 Å². The topological polar surface area (TPSA) is 86.7 Å². The van der Waals surface area contributed by atoms with E-state index in [0.717, 1.165) is 11.1 Å². The van der Waals surface area contributed by atoms with Gasteiger partial charge in [0.2, 0.25) is 0 Å². The minimum absolute atomic E-state index is 0.0104. The van der Waals surface area contributed by atoms with E-state index in [2.05, 4.69) is 0 Å². The van der Waals surface area contributed by atoms with Crippen LogP contribution in [0.25, 0.3) is 0 Å². The molecule has 2 atom stereocenters. The second-order valence-corrected chi connectivity index (χ2v) is 9.52. The molecule has 27 heavy (non-hydrogen) atoms. The number of hydrogen-bond acceptors (Lipinski definition) is 6. The van der Waals surface area contributed by atoms with Crippen LogP contribution in [-0.2, 0) is 28.6 Å². The summed E-state index contributed by atoms with van der Waals surface area (Å²) in [6.07, 6.45) is -1.67. The molecular weight excluding hydrogens is 388 g/mol. The predicted octanol–water partition coefficient (Wildman–Crippen LogP) is 3.58. The number of aryl methyl sites for hydroxylation is 2. The highest BCUT2D eigenvalue weighted by Gasteiger charge is 2.29. The molecule has 8 heteroatoms. The van der Waals surface area contributed by atoms with E-state index in [9.17, 15) is 16.8 Å². The average molecular weight is 413 g/mol. The Labute approximate surface area is 161 Å². The van der Waals surface area contributed by atoms with Crippen LogP contribution < -0.4 is 0 Å². The van der Waals surface area contributed by atoms with E-state index in [1.54, 1.807) is 31.2 Å². The molecule has 0 fully saturated rings. The smallest absolute Gasteiger partial charge is 0.261 e. The first kappa shape index (κ1) is 21.6. The van der Waals surface area contributed by atoms with Gasteiger partial charge in [0.05, 0.1) is 9.79 Å². The molecule has 2 aromatic carbocycles. The van der Waals surface area contributed by atoms with Gasteiger partial charge in [0, 0.05) is 0 Å². The van der Waals surface area contributed by atoms with Gasteiger partial charge >= 0.3 is 0 Å². The highest BCUT2D eigenvalue weighted by molar-refractivity contribution is 7.87. The maximum atomic E-state index is 12.5. The molecule has 0 aliphatic carbocycles. The largest absolute Gasteiger partial charge is 0.297 e. The number of hydrogen-bond donors (Lipinski definition) is 0. The lowest BCUT2D eigenvalue weighted by Gasteiger charge is -2.22. The maximum absolute atomic E-state index is 12.5. The minimum Gasteiger partial charge on any atom is -0.261 e. The summed E-state index contributed by atoms with van der Waals surface area (Å²) in [6, 6.07) is 12.5. The van der Waals surface area contributed by atoms with Crippen molar-refractivity contribution < 1.29 is 25.2 Å². The van der Waals surface area contributed by atoms with E-state index >= 15 is 0 Å². The van der Waals surface area contributed by atoms with Gasteiger partial charge in [0.1, 0.15) is 12.2 Å². The van der Waals surface area contributed by atoms with Crippen LogP contribution in [-0.4, -0.2) is 29.0 Å². The van der Waals surface area contributed by atoms with E-state index < -0.39 is 32.4 Å². The predicted molar refractivity (Wildman–Crippen MR) is 102 cm³/mol. The zero-order valence-corrected chi connectivity index (χ0v) is 17.4. The fourth-order valence-corrected chi connectivity index (χ4v) is 4.73. The molecule has 0 N–H and O–H groups in total. The van der Waals surface area contributed by atoms with Crippen LogP contribution in [0.15, 0.2) is 58.3 Å². The molecule has 0 aliphatic rings. The fraction of sp³-hybridized carbons (Fsp3) is 0.368. The zero-order chi connectivity index (χ0) is 20.2. The van der Waals surface area contributed by atoms with Gasteiger partial charge in [-0.15, -0.1) is 0 Å². The Morgan fingerprint density at radius 1 is 0.741 bits per heavy atom. The van der Waals surface area contributed by atoms with Crippen LogP contribution in [0.2, 0.25) is 0 Å². The third-order valence-electron chi connectivity index (χ3n) is 4.07. The molecule has 2 unspecified atom stereocenters. The highest BCUT2D eigenvalue weighted by atomic mass is 32.2. The van der Waals surface area contributed by atoms with Crippen molar-refractivity contribution in [2.24, 2.45) is 0 Å². The standard InChI is InChI=1S/C19H24O6S2/c1-5-19(25-27(22,23)18-12-8-15(3)9-13-18)16(4)24-26(20,21)17-10-6-14(2)7-11-17/h6-13,16,19H,5H2,1-4H3. The third-order valence-corrected chi connectivity index (χ3v) is 6.83. The number of benzene rings is 2. The van der Waals surface area contributed by atoms with Crippen LogP contribution in [0, 0.1) is 13.8 Å². The van der Waals surface area contributed by atoms with Crippen molar-refractivity contribution in [3.05, 3.63) is 59.7 Å². The molecule has 0 saturated heterocycles. The molecule has 0 bridgehead atoms. The Balaban J connectivity index is 2.16. The van der Waals surface area contributed by atoms with Gasteiger partial charge in [0.25, 0.3) is 20.2 Å². The van der Waals surface area contributed by atoms with Gasteiger partial charge in [0.15, 0.2) is 0 Å². The molecule has 0 aliphatic heterocycles. The van der Waals surface area contributed by atoms with Crippen LogP contribution in [0.1, 0.15) is 31.4 Å². The molecule has 0 aromatic heterocycles. The minimum atomic E-state index is -4.03. The van der Waals surface area contributed by atoms with Crippen molar-refractivity contribution in [3.8, 4) is 0 Å². The Morgan fingerprint density at radius 3 is 1.48 bits per heavy atom. The molecule has 2 rings (SSSR count). The van der Waals surface area contributed by atoms with Crippen LogP contribution >= 0.6 is 0 Å². The van der Waals surface area contributed by atoms with Crippen LogP contribution in [0.3, 0.4) is 0 Å². The SMILES string of the molecule is CCC(OS(=O)(=O)c1ccc(C)cc1)C(C)OS(=O)(=O)c1ccc(C)cc1. The van der Waals surface area contributed by atoms with E-state index in [0.29, 0.717) is 0 Å². The summed E-state index contributed by atoms with van der Waals surface area (Å²) in [5, 5.41) is 0. The van der Waals surface area contributed by atoms with Crippen molar-refractivity contribution in [1.82, 2.24) is 0 Å². The first-order chi connectivity index (χ1) is 12.5. The summed E-state index contributed by atoms with van der Waals surface area (Å²) >= 11 is 0. The highest BCUT2D eigenvalue weighted by Crippen LogP contribution is 2.22. The normalized spacial score (nSPS) is 14.7. The van der Waals surface area contributed by atoms with Crippen LogP contribution in [0.4, 0.5) is 0 Å². The zero-order valence-electron chi connectivity index (χ0n) is 15.7. The van der Waals surface area contributed by atoms with E-state index in [4.69, 9.17) is 8.37 Å². The summed E-state index contributed by atoms with van der Waals surface area (Å²) in [5.74, 6) is 0.